The minimum Gasteiger partial charge on any atom is -0.394 e. The molecule has 2 fully saturated rings. The SMILES string of the molecule is CC1CCN(C(=O)NC2(CO)CCCCC2)CC1. The molecule has 1 heterocycles. The number of aliphatic hydroxyl groups is 1. The first-order valence-corrected chi connectivity index (χ1v) is 7.33. The summed E-state index contributed by atoms with van der Waals surface area (Å²) in [4.78, 5) is 14.1. The van der Waals surface area contributed by atoms with E-state index in [1.54, 1.807) is 0 Å². The number of piperidine rings is 1. The smallest absolute Gasteiger partial charge is 0.317 e. The maximum atomic E-state index is 12.2. The largest absolute Gasteiger partial charge is 0.394 e. The average Bonchev–Trinajstić information content (AvgIpc) is 2.40. The van der Waals surface area contributed by atoms with Gasteiger partial charge in [-0.25, -0.2) is 4.79 Å². The fourth-order valence-electron chi connectivity index (χ4n) is 3.07. The number of nitrogens with zero attached hydrogens (tertiary/aromatic N) is 1. The standard InChI is InChI=1S/C14H26N2O2/c1-12-5-9-16(10-6-12)13(18)15-14(11-17)7-3-2-4-8-14/h12,17H,2-11H2,1H3,(H,15,18). The number of carbonyl (C=O) groups excluding carboxylic acids is 1. The molecule has 4 heteroatoms. The summed E-state index contributed by atoms with van der Waals surface area (Å²) in [6, 6.07) is 0.0258. The van der Waals surface area contributed by atoms with Crippen LogP contribution < -0.4 is 5.32 Å². The second-order valence-electron chi connectivity index (χ2n) is 6.10. The zero-order chi connectivity index (χ0) is 13.0. The lowest BCUT2D eigenvalue weighted by molar-refractivity contribution is 0.108. The van der Waals surface area contributed by atoms with Crippen molar-refractivity contribution in [3.8, 4) is 0 Å². The van der Waals surface area contributed by atoms with E-state index in [2.05, 4.69) is 12.2 Å². The van der Waals surface area contributed by atoms with Gasteiger partial charge in [-0.15, -0.1) is 0 Å². The molecule has 0 aromatic heterocycles. The van der Waals surface area contributed by atoms with E-state index in [1.807, 2.05) is 4.90 Å². The van der Waals surface area contributed by atoms with Crippen molar-refractivity contribution in [3.63, 3.8) is 0 Å². The number of rotatable bonds is 2. The summed E-state index contributed by atoms with van der Waals surface area (Å²) in [5.74, 6) is 0.732. The lowest BCUT2D eigenvalue weighted by Crippen LogP contribution is -2.57. The topological polar surface area (TPSA) is 52.6 Å². The lowest BCUT2D eigenvalue weighted by atomic mass is 9.82. The van der Waals surface area contributed by atoms with E-state index in [0.717, 1.165) is 57.5 Å². The highest BCUT2D eigenvalue weighted by Gasteiger charge is 2.34. The fraction of sp³-hybridized carbons (Fsp3) is 0.929. The second kappa shape index (κ2) is 5.91. The Morgan fingerprint density at radius 2 is 1.89 bits per heavy atom. The normalized spacial score (nSPS) is 24.9. The molecular weight excluding hydrogens is 228 g/mol. The first-order valence-electron chi connectivity index (χ1n) is 7.33. The Balaban J connectivity index is 1.89. The summed E-state index contributed by atoms with van der Waals surface area (Å²) in [5, 5.41) is 12.7. The van der Waals surface area contributed by atoms with E-state index >= 15 is 0 Å². The number of hydrogen-bond donors (Lipinski definition) is 2. The van der Waals surface area contributed by atoms with E-state index in [-0.39, 0.29) is 18.2 Å². The highest BCUT2D eigenvalue weighted by molar-refractivity contribution is 5.75. The van der Waals surface area contributed by atoms with Crippen LogP contribution in [0.2, 0.25) is 0 Å². The minimum atomic E-state index is -0.349. The number of hydrogen-bond acceptors (Lipinski definition) is 2. The fourth-order valence-corrected chi connectivity index (χ4v) is 3.07. The zero-order valence-electron chi connectivity index (χ0n) is 11.5. The van der Waals surface area contributed by atoms with Crippen LogP contribution in [0.3, 0.4) is 0 Å². The molecule has 1 aliphatic carbocycles. The molecule has 18 heavy (non-hydrogen) atoms. The number of urea groups is 1. The van der Waals surface area contributed by atoms with Crippen molar-refractivity contribution in [2.24, 2.45) is 5.92 Å². The van der Waals surface area contributed by atoms with Crippen LogP contribution in [0.15, 0.2) is 0 Å². The maximum absolute atomic E-state index is 12.2. The van der Waals surface area contributed by atoms with Crippen molar-refractivity contribution < 1.29 is 9.90 Å². The summed E-state index contributed by atoms with van der Waals surface area (Å²) < 4.78 is 0. The molecular formula is C14H26N2O2. The van der Waals surface area contributed by atoms with E-state index in [9.17, 15) is 9.90 Å². The van der Waals surface area contributed by atoms with Gasteiger partial charge in [0, 0.05) is 13.1 Å². The molecule has 0 aromatic rings. The molecule has 0 aromatic carbocycles. The predicted octanol–water partition coefficient (Wildman–Crippen LogP) is 2.12. The van der Waals surface area contributed by atoms with Gasteiger partial charge in [-0.3, -0.25) is 0 Å². The molecule has 2 N–H and O–H groups in total. The van der Waals surface area contributed by atoms with Crippen LogP contribution in [-0.4, -0.2) is 41.3 Å². The Kier molecular flexibility index (Phi) is 4.49. The molecule has 104 valence electrons. The monoisotopic (exact) mass is 254 g/mol. The maximum Gasteiger partial charge on any atom is 0.317 e. The van der Waals surface area contributed by atoms with Crippen LogP contribution in [0.5, 0.6) is 0 Å². The van der Waals surface area contributed by atoms with Gasteiger partial charge in [0.1, 0.15) is 0 Å². The molecule has 0 spiro atoms. The van der Waals surface area contributed by atoms with Crippen LogP contribution in [-0.2, 0) is 0 Å². The van der Waals surface area contributed by atoms with Crippen LogP contribution in [0, 0.1) is 5.92 Å². The highest BCUT2D eigenvalue weighted by Crippen LogP contribution is 2.28. The molecule has 2 aliphatic rings. The first kappa shape index (κ1) is 13.7. The predicted molar refractivity (Wildman–Crippen MR) is 71.4 cm³/mol. The van der Waals surface area contributed by atoms with Gasteiger partial charge >= 0.3 is 6.03 Å². The van der Waals surface area contributed by atoms with Crippen molar-refractivity contribution in [3.05, 3.63) is 0 Å². The number of likely N-dealkylation sites (tertiary alicyclic amines) is 1. The second-order valence-corrected chi connectivity index (χ2v) is 6.10. The quantitative estimate of drug-likeness (QED) is 0.793. The number of aliphatic hydroxyl groups excluding tert-OH is 1. The summed E-state index contributed by atoms with van der Waals surface area (Å²) >= 11 is 0. The van der Waals surface area contributed by atoms with Gasteiger partial charge in [0.25, 0.3) is 0 Å². The van der Waals surface area contributed by atoms with Crippen molar-refractivity contribution in [2.75, 3.05) is 19.7 Å². The highest BCUT2D eigenvalue weighted by atomic mass is 16.3. The molecule has 4 nitrogen and oxygen atoms in total. The summed E-state index contributed by atoms with van der Waals surface area (Å²) in [6.45, 7) is 4.03. The zero-order valence-corrected chi connectivity index (χ0v) is 11.5. The first-order chi connectivity index (χ1) is 8.65. The number of carbonyl (C=O) groups is 1. The molecule has 0 unspecified atom stereocenters. The van der Waals surface area contributed by atoms with Gasteiger partial charge in [-0.1, -0.05) is 26.2 Å². The van der Waals surface area contributed by atoms with Gasteiger partial charge < -0.3 is 15.3 Å². The average molecular weight is 254 g/mol. The van der Waals surface area contributed by atoms with E-state index < -0.39 is 0 Å². The Morgan fingerprint density at radius 1 is 1.28 bits per heavy atom. The molecule has 0 radical (unpaired) electrons. The van der Waals surface area contributed by atoms with Crippen LogP contribution in [0.4, 0.5) is 4.79 Å². The van der Waals surface area contributed by atoms with Gasteiger partial charge in [-0.05, 0) is 31.6 Å². The Bertz CT molecular complexity index is 280. The summed E-state index contributed by atoms with van der Waals surface area (Å²) in [6.07, 6.45) is 7.46. The third-order valence-electron chi connectivity index (χ3n) is 4.56. The van der Waals surface area contributed by atoms with E-state index in [4.69, 9.17) is 0 Å². The van der Waals surface area contributed by atoms with Gasteiger partial charge in [0.2, 0.25) is 0 Å². The van der Waals surface area contributed by atoms with E-state index in [0.29, 0.717) is 0 Å². The van der Waals surface area contributed by atoms with Crippen molar-refractivity contribution >= 4 is 6.03 Å². The van der Waals surface area contributed by atoms with Crippen LogP contribution in [0.25, 0.3) is 0 Å². The Labute approximate surface area is 110 Å². The van der Waals surface area contributed by atoms with Crippen LogP contribution in [0.1, 0.15) is 51.9 Å². The lowest BCUT2D eigenvalue weighted by Gasteiger charge is -2.39. The molecule has 2 amide bonds. The molecule has 1 saturated heterocycles. The van der Waals surface area contributed by atoms with Gasteiger partial charge in [0.15, 0.2) is 0 Å². The van der Waals surface area contributed by atoms with Crippen molar-refractivity contribution in [1.29, 1.82) is 0 Å². The minimum absolute atomic E-state index is 0.0258. The van der Waals surface area contributed by atoms with Gasteiger partial charge in [0.05, 0.1) is 12.1 Å². The Morgan fingerprint density at radius 3 is 2.44 bits per heavy atom. The van der Waals surface area contributed by atoms with Crippen molar-refractivity contribution in [2.45, 2.75) is 57.4 Å². The summed E-state index contributed by atoms with van der Waals surface area (Å²) in [5.41, 5.74) is -0.349. The van der Waals surface area contributed by atoms with Crippen molar-refractivity contribution in [1.82, 2.24) is 10.2 Å². The van der Waals surface area contributed by atoms with Gasteiger partial charge in [-0.2, -0.15) is 0 Å². The molecule has 0 bridgehead atoms. The molecule has 0 atom stereocenters. The molecule has 1 saturated carbocycles. The Hall–Kier alpha value is -0.770. The number of amides is 2. The number of nitrogens with one attached hydrogen (secondary N) is 1. The molecule has 1 aliphatic heterocycles. The van der Waals surface area contributed by atoms with E-state index in [1.165, 1.54) is 6.42 Å². The third kappa shape index (κ3) is 3.16. The van der Waals surface area contributed by atoms with Crippen LogP contribution >= 0.6 is 0 Å². The molecule has 2 rings (SSSR count). The summed E-state index contributed by atoms with van der Waals surface area (Å²) in [7, 11) is 0. The third-order valence-corrected chi connectivity index (χ3v) is 4.56.